The van der Waals surface area contributed by atoms with Crippen LogP contribution in [0.25, 0.3) is 0 Å². The molecule has 0 bridgehead atoms. The highest BCUT2D eigenvalue weighted by Crippen LogP contribution is 2.22. The van der Waals surface area contributed by atoms with Crippen LogP contribution in [-0.4, -0.2) is 11.0 Å². The summed E-state index contributed by atoms with van der Waals surface area (Å²) in [5, 5.41) is 15.6. The number of benzene rings is 2. The minimum Gasteiger partial charge on any atom is -0.392 e. The van der Waals surface area contributed by atoms with Gasteiger partial charge in [-0.05, 0) is 42.7 Å². The standard InChI is InChI=1S/C19H24N2O2/c1-3-6-19(23)21-18-10-5-9-17(12-18)20-14(2)16-8-4-7-15(11-16)13-22/h4-5,7-12,14,20,22H,3,6,13H2,1-2H3,(H,21,23). The molecule has 0 saturated carbocycles. The van der Waals surface area contributed by atoms with Gasteiger partial charge >= 0.3 is 0 Å². The summed E-state index contributed by atoms with van der Waals surface area (Å²) >= 11 is 0. The van der Waals surface area contributed by atoms with Crippen LogP contribution in [0.4, 0.5) is 11.4 Å². The summed E-state index contributed by atoms with van der Waals surface area (Å²) < 4.78 is 0. The Kier molecular flexibility index (Phi) is 6.18. The number of carbonyl (C=O) groups is 1. The summed E-state index contributed by atoms with van der Waals surface area (Å²) in [4.78, 5) is 11.7. The van der Waals surface area contributed by atoms with Crippen LogP contribution in [0.2, 0.25) is 0 Å². The van der Waals surface area contributed by atoms with Crippen molar-refractivity contribution < 1.29 is 9.90 Å². The fraction of sp³-hybridized carbons (Fsp3) is 0.316. The van der Waals surface area contributed by atoms with E-state index in [1.807, 2.05) is 55.5 Å². The van der Waals surface area contributed by atoms with Gasteiger partial charge in [-0.1, -0.05) is 37.3 Å². The fourth-order valence-corrected chi connectivity index (χ4v) is 2.43. The number of carbonyl (C=O) groups excluding carboxylic acids is 1. The molecule has 0 aliphatic heterocycles. The van der Waals surface area contributed by atoms with Crippen molar-refractivity contribution in [2.75, 3.05) is 10.6 Å². The van der Waals surface area contributed by atoms with E-state index >= 15 is 0 Å². The Bertz CT molecular complexity index is 655. The third kappa shape index (κ3) is 5.11. The van der Waals surface area contributed by atoms with Crippen molar-refractivity contribution in [3.63, 3.8) is 0 Å². The molecule has 23 heavy (non-hydrogen) atoms. The molecule has 0 aliphatic carbocycles. The largest absolute Gasteiger partial charge is 0.392 e. The third-order valence-electron chi connectivity index (χ3n) is 3.64. The van der Waals surface area contributed by atoms with Crippen LogP contribution in [0.3, 0.4) is 0 Å². The predicted octanol–water partition coefficient (Wildman–Crippen LogP) is 4.09. The van der Waals surface area contributed by atoms with Crippen molar-refractivity contribution in [3.8, 4) is 0 Å². The van der Waals surface area contributed by atoms with E-state index in [9.17, 15) is 9.90 Å². The molecular formula is C19H24N2O2. The number of hydrogen-bond donors (Lipinski definition) is 3. The molecule has 2 aromatic rings. The first kappa shape index (κ1) is 17.0. The van der Waals surface area contributed by atoms with Crippen molar-refractivity contribution in [3.05, 3.63) is 59.7 Å². The molecule has 0 heterocycles. The van der Waals surface area contributed by atoms with Crippen molar-refractivity contribution in [1.29, 1.82) is 0 Å². The molecule has 122 valence electrons. The van der Waals surface area contributed by atoms with E-state index in [-0.39, 0.29) is 18.6 Å². The summed E-state index contributed by atoms with van der Waals surface area (Å²) in [6.07, 6.45) is 1.37. The van der Waals surface area contributed by atoms with E-state index in [1.54, 1.807) is 0 Å². The maximum Gasteiger partial charge on any atom is 0.224 e. The highest BCUT2D eigenvalue weighted by atomic mass is 16.3. The topological polar surface area (TPSA) is 61.4 Å². The van der Waals surface area contributed by atoms with E-state index in [0.717, 1.165) is 28.9 Å². The maximum atomic E-state index is 11.7. The van der Waals surface area contributed by atoms with Crippen LogP contribution in [0.15, 0.2) is 48.5 Å². The van der Waals surface area contributed by atoms with Gasteiger partial charge in [-0.15, -0.1) is 0 Å². The summed E-state index contributed by atoms with van der Waals surface area (Å²) in [5.74, 6) is 0.0355. The lowest BCUT2D eigenvalue weighted by Crippen LogP contribution is -2.11. The van der Waals surface area contributed by atoms with Gasteiger partial charge in [0, 0.05) is 23.8 Å². The molecule has 4 heteroatoms. The predicted molar refractivity (Wildman–Crippen MR) is 94.4 cm³/mol. The van der Waals surface area contributed by atoms with E-state index < -0.39 is 0 Å². The van der Waals surface area contributed by atoms with Gasteiger partial charge in [0.15, 0.2) is 0 Å². The molecule has 0 aromatic heterocycles. The zero-order valence-corrected chi connectivity index (χ0v) is 13.7. The number of hydrogen-bond acceptors (Lipinski definition) is 3. The van der Waals surface area contributed by atoms with Crippen molar-refractivity contribution in [2.24, 2.45) is 0 Å². The maximum absolute atomic E-state index is 11.7. The molecule has 4 nitrogen and oxygen atoms in total. The Morgan fingerprint density at radius 1 is 1.13 bits per heavy atom. The van der Waals surface area contributed by atoms with Gasteiger partial charge in [-0.25, -0.2) is 0 Å². The zero-order valence-electron chi connectivity index (χ0n) is 13.7. The van der Waals surface area contributed by atoms with Crippen LogP contribution in [-0.2, 0) is 11.4 Å². The highest BCUT2D eigenvalue weighted by molar-refractivity contribution is 5.91. The lowest BCUT2D eigenvalue weighted by molar-refractivity contribution is -0.116. The zero-order chi connectivity index (χ0) is 16.7. The van der Waals surface area contributed by atoms with Crippen LogP contribution in [0.1, 0.15) is 43.9 Å². The van der Waals surface area contributed by atoms with Crippen LogP contribution >= 0.6 is 0 Å². The van der Waals surface area contributed by atoms with Gasteiger partial charge in [0.1, 0.15) is 0 Å². The highest BCUT2D eigenvalue weighted by Gasteiger charge is 2.07. The van der Waals surface area contributed by atoms with Gasteiger partial charge in [0.05, 0.1) is 6.61 Å². The van der Waals surface area contributed by atoms with E-state index in [1.165, 1.54) is 0 Å². The Morgan fingerprint density at radius 3 is 2.61 bits per heavy atom. The van der Waals surface area contributed by atoms with E-state index in [0.29, 0.717) is 6.42 Å². The monoisotopic (exact) mass is 312 g/mol. The van der Waals surface area contributed by atoms with Crippen LogP contribution < -0.4 is 10.6 Å². The molecule has 3 N–H and O–H groups in total. The van der Waals surface area contributed by atoms with Gasteiger partial charge in [-0.2, -0.15) is 0 Å². The second kappa shape index (κ2) is 8.34. The molecule has 0 aliphatic rings. The molecule has 0 fully saturated rings. The number of anilines is 2. The second-order valence-electron chi connectivity index (χ2n) is 5.65. The Labute approximate surface area is 137 Å². The first-order valence-electron chi connectivity index (χ1n) is 7.98. The van der Waals surface area contributed by atoms with Crippen molar-refractivity contribution in [1.82, 2.24) is 0 Å². The summed E-state index contributed by atoms with van der Waals surface area (Å²) in [5.41, 5.74) is 3.75. The Balaban J connectivity index is 2.05. The number of aliphatic hydroxyl groups excluding tert-OH is 1. The van der Waals surface area contributed by atoms with Crippen molar-refractivity contribution in [2.45, 2.75) is 39.3 Å². The lowest BCUT2D eigenvalue weighted by Gasteiger charge is -2.17. The lowest BCUT2D eigenvalue weighted by atomic mass is 10.1. The second-order valence-corrected chi connectivity index (χ2v) is 5.65. The Morgan fingerprint density at radius 2 is 1.87 bits per heavy atom. The molecule has 0 saturated heterocycles. The number of nitrogens with one attached hydrogen (secondary N) is 2. The molecule has 0 spiro atoms. The van der Waals surface area contributed by atoms with Gasteiger partial charge < -0.3 is 15.7 Å². The van der Waals surface area contributed by atoms with E-state index in [4.69, 9.17) is 0 Å². The Hall–Kier alpha value is -2.33. The minimum absolute atomic E-state index is 0.0355. The number of amides is 1. The third-order valence-corrected chi connectivity index (χ3v) is 3.64. The molecule has 2 aromatic carbocycles. The summed E-state index contributed by atoms with van der Waals surface area (Å²) in [7, 11) is 0. The fourth-order valence-electron chi connectivity index (χ4n) is 2.43. The number of rotatable bonds is 7. The smallest absolute Gasteiger partial charge is 0.224 e. The summed E-state index contributed by atoms with van der Waals surface area (Å²) in [6.45, 7) is 4.10. The van der Waals surface area contributed by atoms with E-state index in [2.05, 4.69) is 17.6 Å². The van der Waals surface area contributed by atoms with Crippen LogP contribution in [0, 0.1) is 0 Å². The van der Waals surface area contributed by atoms with Gasteiger partial charge in [0.2, 0.25) is 5.91 Å². The summed E-state index contributed by atoms with van der Waals surface area (Å²) in [6, 6.07) is 15.7. The van der Waals surface area contributed by atoms with Gasteiger partial charge in [0.25, 0.3) is 0 Å². The molecule has 1 amide bonds. The average Bonchev–Trinajstić information content (AvgIpc) is 2.55. The molecular weight excluding hydrogens is 288 g/mol. The number of aliphatic hydroxyl groups is 1. The molecule has 2 rings (SSSR count). The van der Waals surface area contributed by atoms with Crippen molar-refractivity contribution >= 4 is 17.3 Å². The first-order chi connectivity index (χ1) is 11.1. The molecule has 1 atom stereocenters. The van der Waals surface area contributed by atoms with Crippen LogP contribution in [0.5, 0.6) is 0 Å². The minimum atomic E-state index is 0.0355. The first-order valence-corrected chi connectivity index (χ1v) is 7.98. The normalized spacial score (nSPS) is 11.8. The quantitative estimate of drug-likeness (QED) is 0.721. The molecule has 1 unspecified atom stereocenters. The SMILES string of the molecule is CCCC(=O)Nc1cccc(NC(C)c2cccc(CO)c2)c1. The van der Waals surface area contributed by atoms with Gasteiger partial charge in [-0.3, -0.25) is 4.79 Å². The average molecular weight is 312 g/mol. The molecule has 0 radical (unpaired) electrons.